The minimum absolute atomic E-state index is 0.932. The van der Waals surface area contributed by atoms with Gasteiger partial charge >= 0.3 is 0 Å². The molecule has 1 heterocycles. The summed E-state index contributed by atoms with van der Waals surface area (Å²) in [4.78, 5) is 0. The summed E-state index contributed by atoms with van der Waals surface area (Å²) in [6.45, 7) is 0. The molecule has 0 saturated carbocycles. The summed E-state index contributed by atoms with van der Waals surface area (Å²) in [7, 11) is 0. The van der Waals surface area contributed by atoms with Crippen molar-refractivity contribution in [2.24, 2.45) is 0 Å². The van der Waals surface area contributed by atoms with Crippen molar-refractivity contribution in [3.8, 4) is 0 Å². The summed E-state index contributed by atoms with van der Waals surface area (Å²) >= 11 is 3.45. The molecule has 4 aromatic rings. The van der Waals surface area contributed by atoms with Crippen LogP contribution in [-0.4, -0.2) is 0 Å². The van der Waals surface area contributed by atoms with E-state index in [4.69, 9.17) is 4.42 Å². The highest BCUT2D eigenvalue weighted by Gasteiger charge is 2.08. The normalized spacial score (nSPS) is 11.7. The van der Waals surface area contributed by atoms with E-state index in [0.29, 0.717) is 0 Å². The van der Waals surface area contributed by atoms with Gasteiger partial charge in [-0.3, -0.25) is 0 Å². The van der Waals surface area contributed by atoms with E-state index in [1.54, 1.807) is 0 Å². The van der Waals surface area contributed by atoms with E-state index in [1.165, 1.54) is 0 Å². The number of rotatable bonds is 2. The molecule has 0 aliphatic rings. The van der Waals surface area contributed by atoms with E-state index in [2.05, 4.69) is 64.5 Å². The number of halogens is 1. The SMILES string of the molecule is Brc1ccc(/C=C/c2cccc3c2oc2ccccc23)cc1. The van der Waals surface area contributed by atoms with Crippen LogP contribution in [0, 0.1) is 0 Å². The first-order valence-electron chi connectivity index (χ1n) is 7.15. The van der Waals surface area contributed by atoms with Gasteiger partial charge in [0.25, 0.3) is 0 Å². The van der Waals surface area contributed by atoms with E-state index in [-0.39, 0.29) is 0 Å². The summed E-state index contributed by atoms with van der Waals surface area (Å²) in [5.41, 5.74) is 4.13. The summed E-state index contributed by atoms with van der Waals surface area (Å²) < 4.78 is 7.12. The smallest absolute Gasteiger partial charge is 0.142 e. The minimum Gasteiger partial charge on any atom is -0.455 e. The topological polar surface area (TPSA) is 13.1 Å². The predicted molar refractivity (Wildman–Crippen MR) is 96.8 cm³/mol. The molecule has 1 aromatic heterocycles. The molecule has 0 fully saturated rings. The van der Waals surface area contributed by atoms with Gasteiger partial charge in [-0.1, -0.05) is 76.6 Å². The van der Waals surface area contributed by atoms with Gasteiger partial charge in [0.2, 0.25) is 0 Å². The Hall–Kier alpha value is -2.32. The Balaban J connectivity index is 1.83. The van der Waals surface area contributed by atoms with Crippen LogP contribution in [0.5, 0.6) is 0 Å². The van der Waals surface area contributed by atoms with Crippen LogP contribution in [0.4, 0.5) is 0 Å². The molecule has 4 rings (SSSR count). The second-order valence-corrected chi connectivity index (χ2v) is 6.12. The van der Waals surface area contributed by atoms with Crippen molar-refractivity contribution in [1.29, 1.82) is 0 Å². The van der Waals surface area contributed by atoms with Crippen LogP contribution in [0.25, 0.3) is 34.1 Å². The molecule has 0 N–H and O–H groups in total. The summed E-state index contributed by atoms with van der Waals surface area (Å²) in [5, 5.41) is 2.32. The minimum atomic E-state index is 0.932. The number of benzene rings is 3. The van der Waals surface area contributed by atoms with E-state index >= 15 is 0 Å². The second-order valence-electron chi connectivity index (χ2n) is 5.21. The van der Waals surface area contributed by atoms with Gasteiger partial charge in [0, 0.05) is 20.8 Å². The molecule has 22 heavy (non-hydrogen) atoms. The standard InChI is InChI=1S/C20H13BrO/c21-16-12-9-14(10-13-16)8-11-15-4-3-6-18-17-5-1-2-7-19(17)22-20(15)18/h1-13H/b11-8+. The highest BCUT2D eigenvalue weighted by atomic mass is 79.9. The third kappa shape index (κ3) is 2.36. The molecule has 0 aliphatic heterocycles. The molecule has 0 amide bonds. The van der Waals surface area contributed by atoms with Gasteiger partial charge in [-0.2, -0.15) is 0 Å². The first kappa shape index (κ1) is 13.4. The van der Waals surface area contributed by atoms with Crippen LogP contribution >= 0.6 is 15.9 Å². The maximum Gasteiger partial charge on any atom is 0.142 e. The molecule has 3 aromatic carbocycles. The maximum absolute atomic E-state index is 6.03. The lowest BCUT2D eigenvalue weighted by atomic mass is 10.1. The summed E-state index contributed by atoms with van der Waals surface area (Å²) in [5.74, 6) is 0. The maximum atomic E-state index is 6.03. The average Bonchev–Trinajstić information content (AvgIpc) is 2.94. The predicted octanol–water partition coefficient (Wildman–Crippen LogP) is 6.52. The molecule has 2 heteroatoms. The molecule has 0 unspecified atom stereocenters. The van der Waals surface area contributed by atoms with Crippen molar-refractivity contribution in [2.75, 3.05) is 0 Å². The van der Waals surface area contributed by atoms with Crippen molar-refractivity contribution in [1.82, 2.24) is 0 Å². The molecule has 0 bridgehead atoms. The molecule has 0 saturated heterocycles. The monoisotopic (exact) mass is 348 g/mol. The Bertz CT molecular complexity index is 978. The Labute approximate surface area is 137 Å². The van der Waals surface area contributed by atoms with Crippen LogP contribution < -0.4 is 0 Å². The zero-order valence-electron chi connectivity index (χ0n) is 11.8. The van der Waals surface area contributed by atoms with E-state index in [1.807, 2.05) is 30.3 Å². The van der Waals surface area contributed by atoms with Crippen LogP contribution in [0.2, 0.25) is 0 Å². The lowest BCUT2D eigenvalue weighted by molar-refractivity contribution is 0.668. The number of furan rings is 1. The Morgan fingerprint density at radius 2 is 1.50 bits per heavy atom. The molecular weight excluding hydrogens is 336 g/mol. The zero-order valence-corrected chi connectivity index (χ0v) is 13.4. The molecule has 0 aliphatic carbocycles. The van der Waals surface area contributed by atoms with E-state index in [9.17, 15) is 0 Å². The zero-order chi connectivity index (χ0) is 14.9. The van der Waals surface area contributed by atoms with Crippen molar-refractivity contribution in [3.05, 3.63) is 82.3 Å². The van der Waals surface area contributed by atoms with E-state index < -0.39 is 0 Å². The third-order valence-electron chi connectivity index (χ3n) is 3.76. The molecule has 1 nitrogen and oxygen atoms in total. The van der Waals surface area contributed by atoms with Gasteiger partial charge in [-0.05, 0) is 23.8 Å². The Kier molecular flexibility index (Phi) is 3.32. The second kappa shape index (κ2) is 5.47. The highest BCUT2D eigenvalue weighted by molar-refractivity contribution is 9.10. The lowest BCUT2D eigenvalue weighted by Gasteiger charge is -1.97. The van der Waals surface area contributed by atoms with Crippen molar-refractivity contribution >= 4 is 50.0 Å². The number of para-hydroxylation sites is 2. The van der Waals surface area contributed by atoms with Crippen LogP contribution in [0.1, 0.15) is 11.1 Å². The van der Waals surface area contributed by atoms with Gasteiger partial charge in [0.15, 0.2) is 0 Å². The number of hydrogen-bond donors (Lipinski definition) is 0. The van der Waals surface area contributed by atoms with Crippen LogP contribution in [0.3, 0.4) is 0 Å². The van der Waals surface area contributed by atoms with Crippen LogP contribution in [-0.2, 0) is 0 Å². The first-order valence-corrected chi connectivity index (χ1v) is 7.94. The van der Waals surface area contributed by atoms with Crippen molar-refractivity contribution in [2.45, 2.75) is 0 Å². The van der Waals surface area contributed by atoms with Crippen molar-refractivity contribution in [3.63, 3.8) is 0 Å². The highest BCUT2D eigenvalue weighted by Crippen LogP contribution is 2.31. The molecule has 106 valence electrons. The molecule has 0 atom stereocenters. The molecular formula is C20H13BrO. The lowest BCUT2D eigenvalue weighted by Crippen LogP contribution is -1.75. The fourth-order valence-corrected chi connectivity index (χ4v) is 2.92. The van der Waals surface area contributed by atoms with Gasteiger partial charge in [0.05, 0.1) is 0 Å². The fourth-order valence-electron chi connectivity index (χ4n) is 2.66. The number of fused-ring (bicyclic) bond motifs is 3. The molecule has 0 spiro atoms. The Morgan fingerprint density at radius 3 is 2.36 bits per heavy atom. The third-order valence-corrected chi connectivity index (χ3v) is 4.29. The van der Waals surface area contributed by atoms with Crippen LogP contribution in [0.15, 0.2) is 75.6 Å². The van der Waals surface area contributed by atoms with Gasteiger partial charge in [-0.15, -0.1) is 0 Å². The first-order chi connectivity index (χ1) is 10.8. The van der Waals surface area contributed by atoms with Gasteiger partial charge in [-0.25, -0.2) is 0 Å². The Morgan fingerprint density at radius 1 is 0.727 bits per heavy atom. The largest absolute Gasteiger partial charge is 0.455 e. The van der Waals surface area contributed by atoms with Gasteiger partial charge in [0.1, 0.15) is 11.2 Å². The van der Waals surface area contributed by atoms with E-state index in [0.717, 1.165) is 37.5 Å². The van der Waals surface area contributed by atoms with Gasteiger partial charge < -0.3 is 4.42 Å². The number of hydrogen-bond acceptors (Lipinski definition) is 1. The quantitative estimate of drug-likeness (QED) is 0.376. The summed E-state index contributed by atoms with van der Waals surface area (Å²) in [6.07, 6.45) is 4.21. The molecule has 0 radical (unpaired) electrons. The summed E-state index contributed by atoms with van der Waals surface area (Å²) in [6, 6.07) is 22.7. The van der Waals surface area contributed by atoms with Crippen molar-refractivity contribution < 1.29 is 4.42 Å². The fraction of sp³-hybridized carbons (Fsp3) is 0. The average molecular weight is 349 g/mol.